The van der Waals surface area contributed by atoms with Crippen molar-refractivity contribution >= 4 is 11.9 Å². The fourth-order valence-corrected chi connectivity index (χ4v) is 1.23. The summed E-state index contributed by atoms with van der Waals surface area (Å²) in [4.78, 5) is 24.5. The van der Waals surface area contributed by atoms with Crippen molar-refractivity contribution in [1.29, 1.82) is 0 Å². The van der Waals surface area contributed by atoms with Gasteiger partial charge in [-0.25, -0.2) is 0 Å². The summed E-state index contributed by atoms with van der Waals surface area (Å²) < 4.78 is 4.68. The lowest BCUT2D eigenvalue weighted by Crippen LogP contribution is -2.46. The second-order valence-corrected chi connectivity index (χ2v) is 4.71. The van der Waals surface area contributed by atoms with Crippen LogP contribution in [0, 0.1) is 5.41 Å². The van der Waals surface area contributed by atoms with Crippen molar-refractivity contribution in [2.24, 2.45) is 5.41 Å². The molecular weight excluding hydrogens is 208 g/mol. The SMILES string of the molecule is COC(=O)C(C)(C)CNC(C)C(=O)N(C)C. The molecule has 0 aromatic heterocycles. The number of nitrogens with zero attached hydrogens (tertiary/aromatic N) is 1. The van der Waals surface area contributed by atoms with E-state index in [1.54, 1.807) is 34.9 Å². The number of nitrogens with one attached hydrogen (secondary N) is 1. The van der Waals surface area contributed by atoms with E-state index in [2.05, 4.69) is 10.1 Å². The van der Waals surface area contributed by atoms with Crippen LogP contribution < -0.4 is 5.32 Å². The molecule has 0 saturated carbocycles. The number of likely N-dealkylation sites (N-methyl/N-ethyl adjacent to an activating group) is 1. The second kappa shape index (κ2) is 5.84. The van der Waals surface area contributed by atoms with Crippen molar-refractivity contribution in [2.45, 2.75) is 26.8 Å². The summed E-state index contributed by atoms with van der Waals surface area (Å²) in [6, 6.07) is -0.307. The van der Waals surface area contributed by atoms with Crippen LogP contribution in [0.5, 0.6) is 0 Å². The Morgan fingerprint density at radius 3 is 2.25 bits per heavy atom. The highest BCUT2D eigenvalue weighted by Gasteiger charge is 2.29. The first-order valence-corrected chi connectivity index (χ1v) is 5.25. The summed E-state index contributed by atoms with van der Waals surface area (Å²) in [5.74, 6) is -0.301. The molecule has 0 fully saturated rings. The molecule has 0 bridgehead atoms. The molecular formula is C11H22N2O3. The Labute approximate surface area is 97.1 Å². The second-order valence-electron chi connectivity index (χ2n) is 4.71. The van der Waals surface area contributed by atoms with Crippen molar-refractivity contribution in [3.8, 4) is 0 Å². The highest BCUT2D eigenvalue weighted by atomic mass is 16.5. The number of ether oxygens (including phenoxy) is 1. The van der Waals surface area contributed by atoms with E-state index < -0.39 is 5.41 Å². The number of hydrogen-bond donors (Lipinski definition) is 1. The van der Waals surface area contributed by atoms with Gasteiger partial charge in [-0.1, -0.05) is 0 Å². The van der Waals surface area contributed by atoms with Crippen molar-refractivity contribution in [3.63, 3.8) is 0 Å². The molecule has 1 unspecified atom stereocenters. The summed E-state index contributed by atoms with van der Waals surface area (Å²) in [6.45, 7) is 5.73. The molecule has 16 heavy (non-hydrogen) atoms. The molecule has 0 aromatic carbocycles. The van der Waals surface area contributed by atoms with Crippen LogP contribution in [0.1, 0.15) is 20.8 Å². The minimum atomic E-state index is -0.629. The van der Waals surface area contributed by atoms with Crippen molar-refractivity contribution in [2.75, 3.05) is 27.7 Å². The van der Waals surface area contributed by atoms with Gasteiger partial charge in [0.15, 0.2) is 0 Å². The molecule has 0 aliphatic rings. The molecule has 0 rings (SSSR count). The smallest absolute Gasteiger partial charge is 0.312 e. The van der Waals surface area contributed by atoms with E-state index in [0.717, 1.165) is 0 Å². The monoisotopic (exact) mass is 230 g/mol. The molecule has 0 saturated heterocycles. The molecule has 5 nitrogen and oxygen atoms in total. The molecule has 0 radical (unpaired) electrons. The molecule has 5 heteroatoms. The third-order valence-corrected chi connectivity index (χ3v) is 2.40. The van der Waals surface area contributed by atoms with Gasteiger partial charge >= 0.3 is 5.97 Å². The Bertz CT molecular complexity index is 262. The average Bonchev–Trinajstić information content (AvgIpc) is 2.23. The van der Waals surface area contributed by atoms with Crippen molar-refractivity contribution < 1.29 is 14.3 Å². The van der Waals surface area contributed by atoms with Gasteiger partial charge in [0.1, 0.15) is 0 Å². The number of methoxy groups -OCH3 is 1. The van der Waals surface area contributed by atoms with Gasteiger partial charge in [0.05, 0.1) is 18.6 Å². The number of carbonyl (C=O) groups excluding carboxylic acids is 2. The third-order valence-electron chi connectivity index (χ3n) is 2.40. The van der Waals surface area contributed by atoms with Gasteiger partial charge in [-0.2, -0.15) is 0 Å². The van der Waals surface area contributed by atoms with Crippen LogP contribution in [0.3, 0.4) is 0 Å². The number of hydrogen-bond acceptors (Lipinski definition) is 4. The fourth-order valence-electron chi connectivity index (χ4n) is 1.23. The number of carbonyl (C=O) groups is 2. The summed E-state index contributed by atoms with van der Waals surface area (Å²) in [5, 5.41) is 3.03. The summed E-state index contributed by atoms with van der Waals surface area (Å²) in [6.07, 6.45) is 0. The van der Waals surface area contributed by atoms with E-state index in [9.17, 15) is 9.59 Å². The average molecular weight is 230 g/mol. The van der Waals surface area contributed by atoms with Gasteiger partial charge in [0.2, 0.25) is 5.91 Å². The molecule has 0 aromatic rings. The van der Waals surface area contributed by atoms with Gasteiger partial charge < -0.3 is 15.0 Å². The van der Waals surface area contributed by atoms with E-state index in [-0.39, 0.29) is 17.9 Å². The quantitative estimate of drug-likeness (QED) is 0.688. The Hall–Kier alpha value is -1.10. The maximum absolute atomic E-state index is 11.5. The van der Waals surface area contributed by atoms with Gasteiger partial charge in [0, 0.05) is 20.6 Å². The van der Waals surface area contributed by atoms with Crippen molar-refractivity contribution in [1.82, 2.24) is 10.2 Å². The minimum Gasteiger partial charge on any atom is -0.469 e. The Kier molecular flexibility index (Phi) is 5.44. The van der Waals surface area contributed by atoms with Gasteiger partial charge in [-0.3, -0.25) is 9.59 Å². The first-order chi connectivity index (χ1) is 7.22. The van der Waals surface area contributed by atoms with E-state index >= 15 is 0 Å². The van der Waals surface area contributed by atoms with Gasteiger partial charge in [-0.05, 0) is 20.8 Å². The zero-order chi connectivity index (χ0) is 12.9. The Balaban J connectivity index is 4.24. The van der Waals surface area contributed by atoms with Crippen LogP contribution in [0.15, 0.2) is 0 Å². The molecule has 0 heterocycles. The van der Waals surface area contributed by atoms with E-state index in [0.29, 0.717) is 6.54 Å². The van der Waals surface area contributed by atoms with Crippen molar-refractivity contribution in [3.05, 3.63) is 0 Å². The van der Waals surface area contributed by atoms with Crippen LogP contribution in [0.4, 0.5) is 0 Å². The van der Waals surface area contributed by atoms with E-state index in [4.69, 9.17) is 0 Å². The summed E-state index contributed by atoms with van der Waals surface area (Å²) in [5.41, 5.74) is -0.629. The topological polar surface area (TPSA) is 58.6 Å². The minimum absolute atomic E-state index is 0.0133. The Morgan fingerprint density at radius 2 is 1.88 bits per heavy atom. The van der Waals surface area contributed by atoms with E-state index in [1.807, 2.05) is 0 Å². The predicted molar refractivity (Wildman–Crippen MR) is 62.0 cm³/mol. The molecule has 1 atom stereocenters. The van der Waals surface area contributed by atoms with Crippen LogP contribution in [-0.2, 0) is 14.3 Å². The zero-order valence-corrected chi connectivity index (χ0v) is 11.0. The third kappa shape index (κ3) is 4.18. The highest BCUT2D eigenvalue weighted by Crippen LogP contribution is 2.15. The molecule has 0 aliphatic heterocycles. The van der Waals surface area contributed by atoms with Gasteiger partial charge in [-0.15, -0.1) is 0 Å². The predicted octanol–water partition coefficient (Wildman–Crippen LogP) is 0.252. The first kappa shape index (κ1) is 14.9. The summed E-state index contributed by atoms with van der Waals surface area (Å²) >= 11 is 0. The molecule has 94 valence electrons. The largest absolute Gasteiger partial charge is 0.469 e. The standard InChI is InChI=1S/C11H22N2O3/c1-8(9(14)13(4)5)12-7-11(2,3)10(15)16-6/h8,12H,7H2,1-6H3. The maximum atomic E-state index is 11.5. The first-order valence-electron chi connectivity index (χ1n) is 5.25. The summed E-state index contributed by atoms with van der Waals surface area (Å²) in [7, 11) is 4.76. The molecule has 1 amide bonds. The lowest BCUT2D eigenvalue weighted by atomic mass is 9.93. The van der Waals surface area contributed by atoms with Crippen LogP contribution in [0.2, 0.25) is 0 Å². The highest BCUT2D eigenvalue weighted by molar-refractivity contribution is 5.81. The van der Waals surface area contributed by atoms with E-state index in [1.165, 1.54) is 12.0 Å². The lowest BCUT2D eigenvalue weighted by Gasteiger charge is -2.25. The van der Waals surface area contributed by atoms with Crippen LogP contribution in [0.25, 0.3) is 0 Å². The Morgan fingerprint density at radius 1 is 1.38 bits per heavy atom. The molecule has 0 spiro atoms. The van der Waals surface area contributed by atoms with Crippen LogP contribution in [-0.4, -0.2) is 50.6 Å². The zero-order valence-electron chi connectivity index (χ0n) is 11.0. The van der Waals surface area contributed by atoms with Gasteiger partial charge in [0.25, 0.3) is 0 Å². The fraction of sp³-hybridized carbons (Fsp3) is 0.818. The maximum Gasteiger partial charge on any atom is 0.312 e. The van der Waals surface area contributed by atoms with Crippen LogP contribution >= 0.6 is 0 Å². The normalized spacial score (nSPS) is 13.1. The number of rotatable bonds is 5. The lowest BCUT2D eigenvalue weighted by molar-refractivity contribution is -0.150. The number of amides is 1. The molecule has 0 aliphatic carbocycles. The number of esters is 1. The molecule has 1 N–H and O–H groups in total.